The fraction of sp³-hybridized carbons (Fsp3) is 0.706. The Balaban J connectivity index is 1.73. The molecule has 3 rings (SSSR count). The van der Waals surface area contributed by atoms with Crippen LogP contribution >= 0.6 is 0 Å². The molecule has 0 radical (unpaired) electrons. The highest BCUT2D eigenvalue weighted by Crippen LogP contribution is 2.44. The van der Waals surface area contributed by atoms with Gasteiger partial charge in [0, 0.05) is 51.8 Å². The van der Waals surface area contributed by atoms with Gasteiger partial charge in [-0.3, -0.25) is 4.79 Å². The van der Waals surface area contributed by atoms with E-state index in [1.807, 2.05) is 30.1 Å². The fourth-order valence-corrected chi connectivity index (χ4v) is 4.46. The number of hydrogen-bond acceptors (Lipinski definition) is 6. The molecule has 1 saturated heterocycles. The first-order valence-electron chi connectivity index (χ1n) is 8.96. The Kier molecular flexibility index (Phi) is 5.21. The number of aryl methyl sites for hydroxylation is 1. The van der Waals surface area contributed by atoms with Crippen LogP contribution in [0.4, 0.5) is 5.95 Å². The molecule has 0 bridgehead atoms. The number of carbonyl (C=O) groups excluding carboxylic acids is 1. The highest BCUT2D eigenvalue weighted by molar-refractivity contribution is 7.88. The molecule has 1 aliphatic heterocycles. The van der Waals surface area contributed by atoms with Crippen molar-refractivity contribution in [2.75, 3.05) is 44.9 Å². The van der Waals surface area contributed by atoms with E-state index in [1.54, 1.807) is 0 Å². The van der Waals surface area contributed by atoms with Crippen LogP contribution in [0.25, 0.3) is 0 Å². The van der Waals surface area contributed by atoms with Gasteiger partial charge < -0.3 is 9.80 Å². The Bertz CT molecular complexity index is 792. The first kappa shape index (κ1) is 19.0. The zero-order valence-corrected chi connectivity index (χ0v) is 16.5. The molecule has 9 heteroatoms. The number of nitrogens with zero attached hydrogens (tertiary/aromatic N) is 4. The second-order valence-electron chi connectivity index (χ2n) is 7.55. The molecule has 0 aromatic carbocycles. The number of likely N-dealkylation sites (tertiary alicyclic amines) is 1. The van der Waals surface area contributed by atoms with Crippen LogP contribution in [0.1, 0.15) is 36.9 Å². The van der Waals surface area contributed by atoms with E-state index in [-0.39, 0.29) is 24.3 Å². The summed E-state index contributed by atoms with van der Waals surface area (Å²) < 4.78 is 24.7. The average molecular weight is 382 g/mol. The molecule has 1 aliphatic carbocycles. The number of amides is 1. The van der Waals surface area contributed by atoms with Crippen molar-refractivity contribution in [3.05, 3.63) is 17.5 Å². The van der Waals surface area contributed by atoms with E-state index < -0.39 is 10.0 Å². The van der Waals surface area contributed by atoms with Crippen LogP contribution in [-0.4, -0.2) is 69.2 Å². The van der Waals surface area contributed by atoms with Crippen LogP contribution in [0.5, 0.6) is 0 Å². The number of hydrogen-bond donors (Lipinski definition) is 1. The lowest BCUT2D eigenvalue weighted by Gasteiger charge is -2.40. The quantitative estimate of drug-likeness (QED) is 0.788. The third-order valence-corrected chi connectivity index (χ3v) is 5.99. The van der Waals surface area contributed by atoms with E-state index in [1.165, 1.54) is 5.56 Å². The number of fused-ring (bicyclic) bond motifs is 2. The molecule has 1 spiro atoms. The van der Waals surface area contributed by atoms with Gasteiger partial charge >= 0.3 is 0 Å². The zero-order valence-electron chi connectivity index (χ0n) is 15.7. The smallest absolute Gasteiger partial charge is 0.225 e. The summed E-state index contributed by atoms with van der Waals surface area (Å²) in [6, 6.07) is 0. The van der Waals surface area contributed by atoms with E-state index in [0.717, 1.165) is 44.2 Å². The van der Waals surface area contributed by atoms with Crippen LogP contribution in [0.3, 0.4) is 0 Å². The molecule has 8 nitrogen and oxygen atoms in total. The zero-order chi connectivity index (χ0) is 18.9. The monoisotopic (exact) mass is 381 g/mol. The van der Waals surface area contributed by atoms with Crippen LogP contribution in [0, 0.1) is 0 Å². The average Bonchev–Trinajstić information content (AvgIpc) is 2.91. The molecule has 1 aromatic rings. The predicted octanol–water partition coefficient (Wildman–Crippen LogP) is 0.288. The van der Waals surface area contributed by atoms with Crippen molar-refractivity contribution < 1.29 is 13.2 Å². The van der Waals surface area contributed by atoms with Gasteiger partial charge in [-0.05, 0) is 31.2 Å². The number of carbonyl (C=O) groups is 1. The van der Waals surface area contributed by atoms with Crippen LogP contribution < -0.4 is 9.62 Å². The van der Waals surface area contributed by atoms with E-state index in [9.17, 15) is 13.2 Å². The minimum absolute atomic E-state index is 0.00411. The first-order chi connectivity index (χ1) is 12.2. The van der Waals surface area contributed by atoms with Crippen molar-refractivity contribution in [1.82, 2.24) is 19.6 Å². The van der Waals surface area contributed by atoms with Crippen molar-refractivity contribution in [1.29, 1.82) is 0 Å². The van der Waals surface area contributed by atoms with Gasteiger partial charge in [-0.1, -0.05) is 0 Å². The molecule has 0 saturated carbocycles. The number of sulfonamides is 1. The maximum atomic E-state index is 12.6. The molecular formula is C17H27N5O3S. The second-order valence-corrected chi connectivity index (χ2v) is 9.39. The van der Waals surface area contributed by atoms with Crippen LogP contribution in [-0.2, 0) is 26.7 Å². The van der Waals surface area contributed by atoms with Crippen molar-refractivity contribution in [2.24, 2.45) is 0 Å². The van der Waals surface area contributed by atoms with Gasteiger partial charge in [0.05, 0.1) is 11.9 Å². The first-order valence-corrected chi connectivity index (χ1v) is 10.9. The van der Waals surface area contributed by atoms with Gasteiger partial charge in [0.25, 0.3) is 0 Å². The molecular weight excluding hydrogens is 354 g/mol. The summed E-state index contributed by atoms with van der Waals surface area (Å²) in [5, 5.41) is 0. The Hall–Kier alpha value is -1.74. The van der Waals surface area contributed by atoms with Crippen molar-refractivity contribution in [3.8, 4) is 0 Å². The van der Waals surface area contributed by atoms with Crippen LogP contribution in [0.15, 0.2) is 6.20 Å². The lowest BCUT2D eigenvalue weighted by Crippen LogP contribution is -2.48. The van der Waals surface area contributed by atoms with Crippen LogP contribution in [0.2, 0.25) is 0 Å². The van der Waals surface area contributed by atoms with Crippen molar-refractivity contribution >= 4 is 21.9 Å². The van der Waals surface area contributed by atoms with E-state index >= 15 is 0 Å². The molecule has 1 aromatic heterocycles. The lowest BCUT2D eigenvalue weighted by atomic mass is 9.77. The Labute approximate surface area is 155 Å². The number of rotatable bonds is 5. The maximum Gasteiger partial charge on any atom is 0.225 e. The summed E-state index contributed by atoms with van der Waals surface area (Å²) in [5.74, 6) is 0.696. The third kappa shape index (κ3) is 3.98. The summed E-state index contributed by atoms with van der Waals surface area (Å²) in [7, 11) is 0.583. The van der Waals surface area contributed by atoms with E-state index in [4.69, 9.17) is 4.98 Å². The molecule has 1 N–H and O–H groups in total. The molecule has 2 heterocycles. The largest absolute Gasteiger partial charge is 0.347 e. The second kappa shape index (κ2) is 7.11. The lowest BCUT2D eigenvalue weighted by molar-refractivity contribution is -0.133. The maximum absolute atomic E-state index is 12.6. The number of aromatic nitrogens is 2. The van der Waals surface area contributed by atoms with Gasteiger partial charge in [-0.25, -0.2) is 23.1 Å². The summed E-state index contributed by atoms with van der Waals surface area (Å²) in [5.41, 5.74) is 2.17. The van der Waals surface area contributed by atoms with Gasteiger partial charge in [-0.15, -0.1) is 0 Å². The fourth-order valence-electron chi connectivity index (χ4n) is 3.99. The minimum atomic E-state index is -3.27. The van der Waals surface area contributed by atoms with E-state index in [2.05, 4.69) is 9.71 Å². The molecule has 26 heavy (non-hydrogen) atoms. The normalized spacial score (nSPS) is 22.5. The standard InChI is InChI=1S/C17H27N5O3S/c1-21(2)16-18-11-13-5-8-17(15(13)20-16)7-4-10-22(12-17)14(23)6-9-19-26(3,24)25/h11,19H,4-10,12H2,1-3H3. The summed E-state index contributed by atoms with van der Waals surface area (Å²) >= 11 is 0. The Morgan fingerprint density at radius 1 is 1.38 bits per heavy atom. The molecule has 1 fully saturated rings. The summed E-state index contributed by atoms with van der Waals surface area (Å²) in [6.07, 6.45) is 7.10. The number of nitrogens with one attached hydrogen (secondary N) is 1. The Morgan fingerprint density at radius 2 is 2.15 bits per heavy atom. The summed E-state index contributed by atoms with van der Waals surface area (Å²) in [4.78, 5) is 25.6. The molecule has 1 atom stereocenters. The van der Waals surface area contributed by atoms with Gasteiger partial charge in [0.15, 0.2) is 0 Å². The summed E-state index contributed by atoms with van der Waals surface area (Å²) in [6.45, 7) is 1.52. The molecule has 144 valence electrons. The third-order valence-electron chi connectivity index (χ3n) is 5.26. The Morgan fingerprint density at radius 3 is 2.85 bits per heavy atom. The topological polar surface area (TPSA) is 95.5 Å². The van der Waals surface area contributed by atoms with Crippen molar-refractivity contribution in [3.63, 3.8) is 0 Å². The SMILES string of the molecule is CN(C)c1ncc2c(n1)C1(CCCN(C(=O)CCNS(C)(=O)=O)C1)CC2. The van der Waals surface area contributed by atoms with Crippen molar-refractivity contribution in [2.45, 2.75) is 37.5 Å². The highest BCUT2D eigenvalue weighted by atomic mass is 32.2. The minimum Gasteiger partial charge on any atom is -0.347 e. The highest BCUT2D eigenvalue weighted by Gasteiger charge is 2.44. The number of anilines is 1. The number of piperidine rings is 1. The van der Waals surface area contributed by atoms with Gasteiger partial charge in [-0.2, -0.15) is 0 Å². The molecule has 1 amide bonds. The van der Waals surface area contributed by atoms with Gasteiger partial charge in [0.2, 0.25) is 21.9 Å². The predicted molar refractivity (Wildman–Crippen MR) is 99.6 cm³/mol. The van der Waals surface area contributed by atoms with E-state index in [0.29, 0.717) is 12.5 Å². The van der Waals surface area contributed by atoms with Gasteiger partial charge in [0.1, 0.15) is 0 Å². The molecule has 1 unspecified atom stereocenters. The molecule has 2 aliphatic rings.